The summed E-state index contributed by atoms with van der Waals surface area (Å²) in [5, 5.41) is 2.27. The van der Waals surface area contributed by atoms with Gasteiger partial charge in [-0.15, -0.1) is 11.8 Å². The Morgan fingerprint density at radius 3 is 2.73 bits per heavy atom. The van der Waals surface area contributed by atoms with Crippen LogP contribution in [0.15, 0.2) is 65.6 Å². The first kappa shape index (κ1) is 20.8. The first-order chi connectivity index (χ1) is 14.6. The minimum Gasteiger partial charge on any atom is -0.497 e. The molecule has 30 heavy (non-hydrogen) atoms. The van der Waals surface area contributed by atoms with E-state index in [0.29, 0.717) is 12.6 Å². The fourth-order valence-corrected chi connectivity index (χ4v) is 4.89. The van der Waals surface area contributed by atoms with E-state index in [9.17, 15) is 4.79 Å². The van der Waals surface area contributed by atoms with E-state index in [-0.39, 0.29) is 5.91 Å². The zero-order chi connectivity index (χ0) is 20.9. The van der Waals surface area contributed by atoms with Gasteiger partial charge in [-0.25, -0.2) is 0 Å². The quantitative estimate of drug-likeness (QED) is 0.479. The van der Waals surface area contributed by atoms with Crippen LogP contribution >= 0.6 is 11.8 Å². The number of rotatable bonds is 7. The van der Waals surface area contributed by atoms with Gasteiger partial charge in [0.05, 0.1) is 18.8 Å². The fourth-order valence-electron chi connectivity index (χ4n) is 3.78. The number of benzene rings is 3. The van der Waals surface area contributed by atoms with Crippen molar-refractivity contribution in [3.8, 4) is 5.75 Å². The van der Waals surface area contributed by atoms with Crippen LogP contribution in [0.3, 0.4) is 0 Å². The summed E-state index contributed by atoms with van der Waals surface area (Å²) in [5.41, 5.74) is 1.86. The van der Waals surface area contributed by atoms with Gasteiger partial charge < -0.3 is 14.4 Å². The molecule has 1 fully saturated rings. The summed E-state index contributed by atoms with van der Waals surface area (Å²) < 4.78 is 11.0. The van der Waals surface area contributed by atoms with Crippen molar-refractivity contribution >= 4 is 28.4 Å². The first-order valence-electron chi connectivity index (χ1n) is 10.3. The Bertz CT molecular complexity index is 1030. The van der Waals surface area contributed by atoms with Crippen LogP contribution in [0.4, 0.5) is 0 Å². The van der Waals surface area contributed by atoms with E-state index in [2.05, 4.69) is 24.3 Å². The highest BCUT2D eigenvalue weighted by atomic mass is 32.2. The Labute approximate surface area is 182 Å². The summed E-state index contributed by atoms with van der Waals surface area (Å²) in [4.78, 5) is 16.0. The van der Waals surface area contributed by atoms with Gasteiger partial charge in [0.15, 0.2) is 0 Å². The molecule has 1 saturated heterocycles. The van der Waals surface area contributed by atoms with Gasteiger partial charge in [0.1, 0.15) is 5.75 Å². The highest BCUT2D eigenvalue weighted by Crippen LogP contribution is 2.28. The molecule has 4 rings (SSSR count). The maximum Gasteiger partial charge on any atom is 0.255 e. The van der Waals surface area contributed by atoms with Gasteiger partial charge in [-0.3, -0.25) is 4.79 Å². The molecule has 0 N–H and O–H groups in total. The maximum absolute atomic E-state index is 13.2. The zero-order valence-corrected chi connectivity index (χ0v) is 18.3. The van der Waals surface area contributed by atoms with Crippen molar-refractivity contribution in [1.82, 2.24) is 4.90 Å². The van der Waals surface area contributed by atoms with Gasteiger partial charge in [0.25, 0.3) is 5.91 Å². The molecule has 0 aliphatic carbocycles. The number of hydrogen-bond acceptors (Lipinski definition) is 4. The van der Waals surface area contributed by atoms with Gasteiger partial charge in [0.2, 0.25) is 0 Å². The van der Waals surface area contributed by atoms with E-state index < -0.39 is 0 Å². The summed E-state index contributed by atoms with van der Waals surface area (Å²) in [6, 6.07) is 20.2. The van der Waals surface area contributed by atoms with Crippen molar-refractivity contribution in [2.45, 2.75) is 30.4 Å². The van der Waals surface area contributed by atoms with Gasteiger partial charge in [0, 0.05) is 30.8 Å². The molecule has 1 aliphatic rings. The summed E-state index contributed by atoms with van der Waals surface area (Å²) in [6.45, 7) is 1.42. The van der Waals surface area contributed by atoms with Crippen LogP contribution < -0.4 is 4.74 Å². The molecule has 0 bridgehead atoms. The van der Waals surface area contributed by atoms with Crippen LogP contribution in [0.5, 0.6) is 5.75 Å². The Morgan fingerprint density at radius 1 is 1.13 bits per heavy atom. The third kappa shape index (κ3) is 4.79. The lowest BCUT2D eigenvalue weighted by atomic mass is 10.1. The topological polar surface area (TPSA) is 38.8 Å². The number of methoxy groups -OCH3 is 1. The van der Waals surface area contributed by atoms with Gasteiger partial charge in [-0.05, 0) is 59.5 Å². The van der Waals surface area contributed by atoms with Crippen LogP contribution in [0, 0.1) is 0 Å². The standard InChI is InChI=1S/C25H27NO3S/c1-26(16-18-9-10-20-15-21(28-2)12-11-19(20)14-18)25(27)23-7-3-4-8-24(23)30-17-22-6-5-13-29-22/h3-4,7-12,14-15,22H,5-6,13,16-17H2,1-2H3/t22-/m1/s1. The van der Waals surface area contributed by atoms with Crippen LogP contribution in [0.25, 0.3) is 10.8 Å². The molecular weight excluding hydrogens is 394 g/mol. The van der Waals surface area contributed by atoms with Crippen molar-refractivity contribution < 1.29 is 14.3 Å². The second-order valence-electron chi connectivity index (χ2n) is 7.65. The average molecular weight is 422 g/mol. The number of ether oxygens (including phenoxy) is 2. The SMILES string of the molecule is COc1ccc2cc(CN(C)C(=O)c3ccccc3SC[C@H]3CCCO3)ccc2c1. The number of carbonyl (C=O) groups is 1. The van der Waals surface area contributed by atoms with Crippen molar-refractivity contribution in [2.24, 2.45) is 0 Å². The summed E-state index contributed by atoms with van der Waals surface area (Å²) >= 11 is 1.72. The van der Waals surface area contributed by atoms with E-state index in [4.69, 9.17) is 9.47 Å². The number of fused-ring (bicyclic) bond motifs is 1. The lowest BCUT2D eigenvalue weighted by Crippen LogP contribution is -2.26. The predicted octanol–water partition coefficient (Wildman–Crippen LogP) is 5.39. The van der Waals surface area contributed by atoms with E-state index in [1.54, 1.807) is 23.8 Å². The van der Waals surface area contributed by atoms with Crippen molar-refractivity contribution in [3.63, 3.8) is 0 Å². The Morgan fingerprint density at radius 2 is 1.93 bits per heavy atom. The van der Waals surface area contributed by atoms with E-state index >= 15 is 0 Å². The van der Waals surface area contributed by atoms with E-state index in [0.717, 1.165) is 57.7 Å². The smallest absolute Gasteiger partial charge is 0.255 e. The molecule has 3 aromatic rings. The highest BCUT2D eigenvalue weighted by molar-refractivity contribution is 7.99. The summed E-state index contributed by atoms with van der Waals surface area (Å²) in [7, 11) is 3.54. The van der Waals surface area contributed by atoms with Gasteiger partial charge in [-0.1, -0.05) is 30.3 Å². The lowest BCUT2D eigenvalue weighted by molar-refractivity contribution is 0.0781. The molecule has 4 nitrogen and oxygen atoms in total. The fraction of sp³-hybridized carbons (Fsp3) is 0.320. The molecule has 0 radical (unpaired) electrons. The van der Waals surface area contributed by atoms with Crippen LogP contribution in [-0.2, 0) is 11.3 Å². The normalized spacial score (nSPS) is 16.0. The van der Waals surface area contributed by atoms with Crippen molar-refractivity contribution in [1.29, 1.82) is 0 Å². The highest BCUT2D eigenvalue weighted by Gasteiger charge is 2.19. The summed E-state index contributed by atoms with van der Waals surface area (Å²) in [6.07, 6.45) is 2.54. The molecule has 0 spiro atoms. The maximum atomic E-state index is 13.2. The lowest BCUT2D eigenvalue weighted by Gasteiger charge is -2.20. The largest absolute Gasteiger partial charge is 0.497 e. The molecule has 0 unspecified atom stereocenters. The molecular formula is C25H27NO3S. The monoisotopic (exact) mass is 421 g/mol. The van der Waals surface area contributed by atoms with Gasteiger partial charge >= 0.3 is 0 Å². The Kier molecular flexibility index (Phi) is 6.60. The molecule has 1 atom stereocenters. The Balaban J connectivity index is 1.46. The third-order valence-electron chi connectivity index (χ3n) is 5.44. The second kappa shape index (κ2) is 9.54. The van der Waals surface area contributed by atoms with Crippen molar-refractivity contribution in [2.75, 3.05) is 26.5 Å². The molecule has 156 valence electrons. The number of thioether (sulfide) groups is 1. The van der Waals surface area contributed by atoms with E-state index in [1.165, 1.54) is 0 Å². The number of amides is 1. The minimum atomic E-state index is 0.0419. The molecule has 1 heterocycles. The van der Waals surface area contributed by atoms with Crippen molar-refractivity contribution in [3.05, 3.63) is 71.8 Å². The number of hydrogen-bond donors (Lipinski definition) is 0. The van der Waals surface area contributed by atoms with Gasteiger partial charge in [-0.2, -0.15) is 0 Å². The van der Waals surface area contributed by atoms with Crippen LogP contribution in [0.2, 0.25) is 0 Å². The molecule has 1 amide bonds. The third-order valence-corrected chi connectivity index (χ3v) is 6.65. The van der Waals surface area contributed by atoms with Crippen LogP contribution in [-0.4, -0.2) is 43.4 Å². The Hall–Kier alpha value is -2.50. The average Bonchev–Trinajstić information content (AvgIpc) is 3.30. The number of nitrogens with zero attached hydrogens (tertiary/aromatic N) is 1. The summed E-state index contributed by atoms with van der Waals surface area (Å²) in [5.74, 6) is 1.78. The predicted molar refractivity (Wildman–Crippen MR) is 122 cm³/mol. The molecule has 5 heteroatoms. The molecule has 0 aromatic heterocycles. The number of carbonyl (C=O) groups excluding carboxylic acids is 1. The molecule has 3 aromatic carbocycles. The zero-order valence-electron chi connectivity index (χ0n) is 17.5. The first-order valence-corrected chi connectivity index (χ1v) is 11.3. The van der Waals surface area contributed by atoms with E-state index in [1.807, 2.05) is 43.4 Å². The molecule has 0 saturated carbocycles. The molecule has 1 aliphatic heterocycles. The second-order valence-corrected chi connectivity index (χ2v) is 8.71. The minimum absolute atomic E-state index is 0.0419. The van der Waals surface area contributed by atoms with Crippen LogP contribution in [0.1, 0.15) is 28.8 Å².